The summed E-state index contributed by atoms with van der Waals surface area (Å²) < 4.78 is 17.8. The zero-order chi connectivity index (χ0) is 20.3. The molecule has 1 aliphatic rings. The minimum absolute atomic E-state index is 0.242. The van der Waals surface area contributed by atoms with Crippen molar-refractivity contribution in [3.8, 4) is 11.1 Å². The molecule has 29 heavy (non-hydrogen) atoms. The standard InChI is InChI=1S/C27H35FO/c1-2-20-29-21-18-23-8-12-25(13-9-23)27-16-14-26(15-17-27)24-10-6-22(7-11-24)5-3-4-19-28/h3,5,8-9,12-17,22,24H,2,4,6-7,10-11,18-21H2,1H3. The predicted molar refractivity (Wildman–Crippen MR) is 121 cm³/mol. The Labute approximate surface area is 176 Å². The first-order valence-electron chi connectivity index (χ1n) is 11.3. The highest BCUT2D eigenvalue weighted by atomic mass is 19.1. The predicted octanol–water partition coefficient (Wildman–Crippen LogP) is 7.51. The summed E-state index contributed by atoms with van der Waals surface area (Å²) in [6.45, 7) is 3.55. The number of hydrogen-bond acceptors (Lipinski definition) is 1. The Bertz CT molecular complexity index is 724. The maximum absolute atomic E-state index is 12.2. The van der Waals surface area contributed by atoms with E-state index in [-0.39, 0.29) is 6.67 Å². The molecule has 1 nitrogen and oxygen atoms in total. The third-order valence-corrected chi connectivity index (χ3v) is 6.01. The summed E-state index contributed by atoms with van der Waals surface area (Å²) in [5, 5.41) is 0. The van der Waals surface area contributed by atoms with Gasteiger partial charge in [-0.25, -0.2) is 0 Å². The van der Waals surface area contributed by atoms with Crippen LogP contribution in [0.2, 0.25) is 0 Å². The minimum atomic E-state index is -0.242. The van der Waals surface area contributed by atoms with Crippen LogP contribution in [-0.2, 0) is 11.2 Å². The second-order valence-electron chi connectivity index (χ2n) is 8.20. The smallest absolute Gasteiger partial charge is 0.0928 e. The van der Waals surface area contributed by atoms with Crippen LogP contribution in [0.1, 0.15) is 62.5 Å². The van der Waals surface area contributed by atoms with E-state index in [1.54, 1.807) is 0 Å². The summed E-state index contributed by atoms with van der Waals surface area (Å²) in [5.41, 5.74) is 5.35. The van der Waals surface area contributed by atoms with Gasteiger partial charge in [-0.3, -0.25) is 4.39 Å². The van der Waals surface area contributed by atoms with E-state index in [0.717, 1.165) is 26.1 Å². The fourth-order valence-electron chi connectivity index (χ4n) is 4.24. The van der Waals surface area contributed by atoms with Gasteiger partial charge in [0.1, 0.15) is 0 Å². The second-order valence-corrected chi connectivity index (χ2v) is 8.20. The molecule has 0 spiro atoms. The third kappa shape index (κ3) is 6.82. The van der Waals surface area contributed by atoms with Crippen molar-refractivity contribution in [3.63, 3.8) is 0 Å². The Morgan fingerprint density at radius 1 is 0.897 bits per heavy atom. The van der Waals surface area contributed by atoms with Crippen molar-refractivity contribution in [2.24, 2.45) is 5.92 Å². The van der Waals surface area contributed by atoms with Crippen molar-refractivity contribution in [1.82, 2.24) is 0 Å². The lowest BCUT2D eigenvalue weighted by Crippen LogP contribution is -2.11. The quantitative estimate of drug-likeness (QED) is 0.299. The van der Waals surface area contributed by atoms with Gasteiger partial charge < -0.3 is 4.74 Å². The highest BCUT2D eigenvalue weighted by molar-refractivity contribution is 5.64. The molecule has 0 aromatic heterocycles. The summed E-state index contributed by atoms with van der Waals surface area (Å²) in [5.74, 6) is 1.31. The van der Waals surface area contributed by atoms with Crippen molar-refractivity contribution < 1.29 is 9.13 Å². The molecule has 1 fully saturated rings. The van der Waals surface area contributed by atoms with Crippen LogP contribution in [0.5, 0.6) is 0 Å². The monoisotopic (exact) mass is 394 g/mol. The normalized spacial score (nSPS) is 19.7. The topological polar surface area (TPSA) is 9.23 Å². The van der Waals surface area contributed by atoms with Crippen LogP contribution in [0.4, 0.5) is 4.39 Å². The summed E-state index contributed by atoms with van der Waals surface area (Å²) >= 11 is 0. The Morgan fingerprint density at radius 2 is 1.55 bits per heavy atom. The lowest BCUT2D eigenvalue weighted by atomic mass is 9.78. The van der Waals surface area contributed by atoms with E-state index in [1.807, 2.05) is 6.08 Å². The summed E-state index contributed by atoms with van der Waals surface area (Å²) in [6, 6.07) is 18.0. The van der Waals surface area contributed by atoms with Gasteiger partial charge >= 0.3 is 0 Å². The van der Waals surface area contributed by atoms with E-state index in [4.69, 9.17) is 4.74 Å². The van der Waals surface area contributed by atoms with E-state index >= 15 is 0 Å². The van der Waals surface area contributed by atoms with Gasteiger partial charge in [-0.1, -0.05) is 67.6 Å². The number of rotatable bonds is 10. The molecule has 0 atom stereocenters. The average Bonchev–Trinajstić information content (AvgIpc) is 2.78. The molecule has 0 saturated heterocycles. The number of halogens is 1. The van der Waals surface area contributed by atoms with E-state index in [1.165, 1.54) is 47.9 Å². The van der Waals surface area contributed by atoms with Crippen LogP contribution in [0.25, 0.3) is 11.1 Å². The molecule has 0 heterocycles. The van der Waals surface area contributed by atoms with Crippen molar-refractivity contribution in [2.75, 3.05) is 19.9 Å². The number of allylic oxidation sites excluding steroid dienone is 2. The van der Waals surface area contributed by atoms with Crippen molar-refractivity contribution in [3.05, 3.63) is 71.8 Å². The average molecular weight is 395 g/mol. The molecule has 156 valence electrons. The van der Waals surface area contributed by atoms with Gasteiger partial charge in [-0.05, 0) is 79.0 Å². The van der Waals surface area contributed by atoms with Crippen molar-refractivity contribution >= 4 is 0 Å². The second kappa shape index (κ2) is 11.9. The molecule has 1 aliphatic carbocycles. The third-order valence-electron chi connectivity index (χ3n) is 6.01. The molecular formula is C27H35FO. The first-order valence-corrected chi connectivity index (χ1v) is 11.3. The van der Waals surface area contributed by atoms with E-state index in [2.05, 4.69) is 61.5 Å². The van der Waals surface area contributed by atoms with Gasteiger partial charge in [0.15, 0.2) is 0 Å². The molecule has 0 bridgehead atoms. The van der Waals surface area contributed by atoms with Crippen LogP contribution in [0, 0.1) is 5.92 Å². The summed E-state index contributed by atoms with van der Waals surface area (Å²) in [6.07, 6.45) is 11.8. The maximum atomic E-state index is 12.2. The Hall–Kier alpha value is -1.93. The lowest BCUT2D eigenvalue weighted by Gasteiger charge is -2.27. The van der Waals surface area contributed by atoms with E-state index < -0.39 is 0 Å². The molecule has 2 aromatic rings. The highest BCUT2D eigenvalue weighted by Crippen LogP contribution is 2.37. The minimum Gasteiger partial charge on any atom is -0.381 e. The van der Waals surface area contributed by atoms with Crippen LogP contribution in [0.15, 0.2) is 60.7 Å². The van der Waals surface area contributed by atoms with Gasteiger partial charge in [0.05, 0.1) is 13.3 Å². The van der Waals surface area contributed by atoms with Gasteiger partial charge in [0.25, 0.3) is 0 Å². The first kappa shape index (κ1) is 21.8. The number of ether oxygens (including phenoxy) is 1. The van der Waals surface area contributed by atoms with E-state index in [9.17, 15) is 4.39 Å². The molecule has 3 rings (SSSR count). The molecule has 0 N–H and O–H groups in total. The molecule has 0 amide bonds. The molecule has 0 unspecified atom stereocenters. The summed E-state index contributed by atoms with van der Waals surface area (Å²) in [4.78, 5) is 0. The van der Waals surface area contributed by atoms with Gasteiger partial charge in [-0.2, -0.15) is 0 Å². The fourth-order valence-corrected chi connectivity index (χ4v) is 4.24. The fraction of sp³-hybridized carbons (Fsp3) is 0.481. The Balaban J connectivity index is 1.51. The Kier molecular flexibility index (Phi) is 8.95. The molecule has 1 saturated carbocycles. The van der Waals surface area contributed by atoms with Gasteiger partial charge in [0, 0.05) is 6.61 Å². The maximum Gasteiger partial charge on any atom is 0.0928 e. The molecule has 0 aliphatic heterocycles. The van der Waals surface area contributed by atoms with Crippen LogP contribution in [-0.4, -0.2) is 19.9 Å². The van der Waals surface area contributed by atoms with Gasteiger partial charge in [-0.15, -0.1) is 0 Å². The van der Waals surface area contributed by atoms with Crippen LogP contribution in [0.3, 0.4) is 0 Å². The number of hydrogen-bond donors (Lipinski definition) is 0. The van der Waals surface area contributed by atoms with Crippen molar-refractivity contribution in [2.45, 2.75) is 57.8 Å². The van der Waals surface area contributed by atoms with Crippen LogP contribution >= 0.6 is 0 Å². The number of benzene rings is 2. The van der Waals surface area contributed by atoms with E-state index in [0.29, 0.717) is 18.3 Å². The SMILES string of the molecule is CCCOCCc1ccc(-c2ccc(C3CCC(C=CCCF)CC3)cc2)cc1. The number of alkyl halides is 1. The highest BCUT2D eigenvalue weighted by Gasteiger charge is 2.20. The molecule has 2 heteroatoms. The Morgan fingerprint density at radius 3 is 2.17 bits per heavy atom. The molecule has 2 aromatic carbocycles. The zero-order valence-electron chi connectivity index (χ0n) is 17.8. The van der Waals surface area contributed by atoms with Gasteiger partial charge in [0.2, 0.25) is 0 Å². The largest absolute Gasteiger partial charge is 0.381 e. The molecular weight excluding hydrogens is 359 g/mol. The first-order chi connectivity index (χ1) is 14.3. The zero-order valence-corrected chi connectivity index (χ0v) is 17.8. The molecule has 0 radical (unpaired) electrons. The summed E-state index contributed by atoms with van der Waals surface area (Å²) in [7, 11) is 0. The van der Waals surface area contributed by atoms with Crippen molar-refractivity contribution in [1.29, 1.82) is 0 Å². The lowest BCUT2D eigenvalue weighted by molar-refractivity contribution is 0.138. The van der Waals surface area contributed by atoms with Crippen LogP contribution < -0.4 is 0 Å².